The highest BCUT2D eigenvalue weighted by Crippen LogP contribution is 2.17. The zero-order valence-electron chi connectivity index (χ0n) is 13.6. The van der Waals surface area contributed by atoms with Gasteiger partial charge in [-0.3, -0.25) is 0 Å². The summed E-state index contributed by atoms with van der Waals surface area (Å²) in [7, 11) is 3.81. The Morgan fingerprint density at radius 1 is 1.36 bits per heavy atom. The summed E-state index contributed by atoms with van der Waals surface area (Å²) in [6.07, 6.45) is 10.8. The van der Waals surface area contributed by atoms with E-state index in [0.29, 0.717) is 17.2 Å². The Hall–Kier alpha value is -2.69. The van der Waals surface area contributed by atoms with E-state index in [-0.39, 0.29) is 0 Å². The fraction of sp³-hybridized carbons (Fsp3) is 0.235. The maximum atomic E-state index is 5.68. The summed E-state index contributed by atoms with van der Waals surface area (Å²) in [5.74, 6) is 1.09. The highest BCUT2D eigenvalue weighted by Gasteiger charge is 2.16. The number of ether oxygens (including phenoxy) is 1. The normalized spacial score (nSPS) is 23.8. The van der Waals surface area contributed by atoms with Crippen LogP contribution in [0.25, 0.3) is 0 Å². The molecule has 0 aliphatic carbocycles. The molecule has 22 heavy (non-hydrogen) atoms. The molecule has 1 aliphatic heterocycles. The van der Waals surface area contributed by atoms with E-state index in [2.05, 4.69) is 28.6 Å². The van der Waals surface area contributed by atoms with Crippen molar-refractivity contribution in [2.75, 3.05) is 14.1 Å². The van der Waals surface area contributed by atoms with Gasteiger partial charge in [-0.25, -0.2) is 0 Å². The average Bonchev–Trinajstić information content (AvgIpc) is 2.44. The SMILES string of the molecule is C=C(/C=C\C)/C=C(/C1=N\N=N/C=C\C=C(/C)OC1=C)N(C)C. The van der Waals surface area contributed by atoms with E-state index >= 15 is 0 Å². The molecule has 0 unspecified atom stereocenters. The fourth-order valence-corrected chi connectivity index (χ4v) is 1.69. The Kier molecular flexibility index (Phi) is 6.76. The van der Waals surface area contributed by atoms with Crippen molar-refractivity contribution in [3.05, 3.63) is 72.5 Å². The zero-order valence-corrected chi connectivity index (χ0v) is 13.6. The van der Waals surface area contributed by atoms with Gasteiger partial charge in [0.1, 0.15) is 11.5 Å². The van der Waals surface area contributed by atoms with E-state index in [4.69, 9.17) is 4.74 Å². The van der Waals surface area contributed by atoms with Gasteiger partial charge in [0, 0.05) is 14.1 Å². The molecule has 0 N–H and O–H groups in total. The molecule has 1 rings (SSSR count). The molecule has 5 heteroatoms. The standard InChI is InChI=1S/C17H22N4O/c1-7-9-13(2)12-16(21(5)6)17-15(4)22-14(3)10-8-11-18-20-19-17/h7-12H,2,4H2,1,3,5-6H3/b9-7-,11-8-,14-10+,16-12-,19-17-,20-18-. The van der Waals surface area contributed by atoms with E-state index in [1.54, 1.807) is 18.4 Å². The molecule has 0 aromatic heterocycles. The molecule has 1 heterocycles. The molecule has 0 saturated heterocycles. The van der Waals surface area contributed by atoms with Crippen molar-refractivity contribution in [3.8, 4) is 0 Å². The molecule has 0 spiro atoms. The first-order valence-corrected chi connectivity index (χ1v) is 6.85. The highest BCUT2D eigenvalue weighted by atomic mass is 16.5. The van der Waals surface area contributed by atoms with E-state index in [1.165, 1.54) is 0 Å². The van der Waals surface area contributed by atoms with Crippen molar-refractivity contribution in [2.45, 2.75) is 13.8 Å². The van der Waals surface area contributed by atoms with Crippen LogP contribution >= 0.6 is 0 Å². The maximum Gasteiger partial charge on any atom is 0.153 e. The molecule has 1 aliphatic rings. The quantitative estimate of drug-likeness (QED) is 0.725. The van der Waals surface area contributed by atoms with Gasteiger partial charge in [0.15, 0.2) is 5.71 Å². The summed E-state index contributed by atoms with van der Waals surface area (Å²) >= 11 is 0. The Morgan fingerprint density at radius 3 is 2.73 bits per heavy atom. The minimum Gasteiger partial charge on any atom is -0.460 e. The van der Waals surface area contributed by atoms with Crippen LogP contribution in [0, 0.1) is 0 Å². The van der Waals surface area contributed by atoms with Crippen molar-refractivity contribution >= 4 is 5.71 Å². The molecular weight excluding hydrogens is 276 g/mol. The van der Waals surface area contributed by atoms with Gasteiger partial charge in [-0.15, -0.1) is 10.2 Å². The molecule has 0 saturated carbocycles. The van der Waals surface area contributed by atoms with Crippen LogP contribution in [0.15, 0.2) is 88.0 Å². The first kappa shape index (κ1) is 17.4. The topological polar surface area (TPSA) is 49.6 Å². The van der Waals surface area contributed by atoms with Gasteiger partial charge >= 0.3 is 0 Å². The summed E-state index contributed by atoms with van der Waals surface area (Å²) < 4.78 is 5.68. The van der Waals surface area contributed by atoms with Crippen LogP contribution in [-0.2, 0) is 4.74 Å². The second-order valence-electron chi connectivity index (χ2n) is 4.80. The predicted molar refractivity (Wildman–Crippen MR) is 91.1 cm³/mol. The van der Waals surface area contributed by atoms with E-state index in [1.807, 2.05) is 51.1 Å². The van der Waals surface area contributed by atoms with Crippen LogP contribution in [0.1, 0.15) is 13.8 Å². The largest absolute Gasteiger partial charge is 0.460 e. The van der Waals surface area contributed by atoms with Crippen molar-refractivity contribution in [1.82, 2.24) is 4.90 Å². The second-order valence-corrected chi connectivity index (χ2v) is 4.80. The van der Waals surface area contributed by atoms with Gasteiger partial charge in [-0.05, 0) is 42.9 Å². The second kappa shape index (κ2) is 8.56. The summed E-state index contributed by atoms with van der Waals surface area (Å²) in [6.45, 7) is 11.7. The lowest BCUT2D eigenvalue weighted by Gasteiger charge is -2.20. The average molecular weight is 298 g/mol. The molecule has 0 amide bonds. The molecule has 0 fully saturated rings. The molecule has 116 valence electrons. The number of hydrogen-bond donors (Lipinski definition) is 0. The third kappa shape index (κ3) is 5.36. The van der Waals surface area contributed by atoms with Gasteiger partial charge in [0.05, 0.1) is 11.9 Å². The van der Waals surface area contributed by atoms with Crippen LogP contribution in [-0.4, -0.2) is 24.7 Å². The maximum absolute atomic E-state index is 5.68. The van der Waals surface area contributed by atoms with E-state index < -0.39 is 0 Å². The van der Waals surface area contributed by atoms with Crippen molar-refractivity contribution in [3.63, 3.8) is 0 Å². The first-order valence-electron chi connectivity index (χ1n) is 6.85. The van der Waals surface area contributed by atoms with E-state index in [9.17, 15) is 0 Å². The van der Waals surface area contributed by atoms with Crippen LogP contribution < -0.4 is 0 Å². The Labute approximate surface area is 132 Å². The smallest absolute Gasteiger partial charge is 0.153 e. The molecular formula is C17H22N4O. The van der Waals surface area contributed by atoms with Crippen LogP contribution in [0.3, 0.4) is 0 Å². The third-order valence-corrected chi connectivity index (χ3v) is 2.66. The van der Waals surface area contributed by atoms with Gasteiger partial charge in [-0.2, -0.15) is 0 Å². The van der Waals surface area contributed by atoms with Gasteiger partial charge in [0.2, 0.25) is 0 Å². The molecule has 0 aromatic carbocycles. The summed E-state index contributed by atoms with van der Waals surface area (Å²) in [4.78, 5) is 1.90. The number of hydrogen-bond acceptors (Lipinski definition) is 5. The molecule has 0 aromatic rings. The number of allylic oxidation sites excluding steroid dienone is 7. The zero-order chi connectivity index (χ0) is 16.5. The van der Waals surface area contributed by atoms with Gasteiger partial charge < -0.3 is 9.64 Å². The van der Waals surface area contributed by atoms with Crippen molar-refractivity contribution in [2.24, 2.45) is 15.4 Å². The molecule has 0 atom stereocenters. The molecule has 0 radical (unpaired) electrons. The van der Waals surface area contributed by atoms with Gasteiger partial charge in [0.25, 0.3) is 0 Å². The Morgan fingerprint density at radius 2 is 2.09 bits per heavy atom. The summed E-state index contributed by atoms with van der Waals surface area (Å²) in [5.41, 5.74) is 2.12. The van der Waals surface area contributed by atoms with Gasteiger partial charge in [-0.1, -0.05) is 25.3 Å². The van der Waals surface area contributed by atoms with Crippen LogP contribution in [0.2, 0.25) is 0 Å². The van der Waals surface area contributed by atoms with Crippen LogP contribution in [0.4, 0.5) is 0 Å². The third-order valence-electron chi connectivity index (χ3n) is 2.66. The lowest BCUT2D eigenvalue weighted by Crippen LogP contribution is -2.21. The number of rotatable bonds is 4. The highest BCUT2D eigenvalue weighted by molar-refractivity contribution is 6.10. The predicted octanol–water partition coefficient (Wildman–Crippen LogP) is 4.33. The minimum atomic E-state index is 0.399. The number of nitrogens with zero attached hydrogens (tertiary/aromatic N) is 4. The van der Waals surface area contributed by atoms with E-state index in [0.717, 1.165) is 11.3 Å². The monoisotopic (exact) mass is 298 g/mol. The summed E-state index contributed by atoms with van der Waals surface area (Å²) in [5, 5.41) is 11.8. The lowest BCUT2D eigenvalue weighted by atomic mass is 10.1. The van der Waals surface area contributed by atoms with Crippen molar-refractivity contribution < 1.29 is 4.74 Å². The minimum absolute atomic E-state index is 0.399. The lowest BCUT2D eigenvalue weighted by molar-refractivity contribution is 0.330. The Balaban J connectivity index is 3.30. The van der Waals surface area contributed by atoms with Crippen LogP contribution in [0.5, 0.6) is 0 Å². The Bertz CT molecular complexity index is 617. The first-order chi connectivity index (χ1) is 10.5. The molecule has 0 bridgehead atoms. The fourth-order valence-electron chi connectivity index (χ4n) is 1.69. The molecule has 5 nitrogen and oxygen atoms in total. The summed E-state index contributed by atoms with van der Waals surface area (Å²) in [6, 6.07) is 0. The van der Waals surface area contributed by atoms with Crippen molar-refractivity contribution in [1.29, 1.82) is 0 Å².